The highest BCUT2D eigenvalue weighted by Gasteiger charge is 2.19. The van der Waals surface area contributed by atoms with Gasteiger partial charge in [-0.2, -0.15) is 0 Å². The standard InChI is InChI=1S/C13H21N3O2/c1-13(2,9-16(3)4)8-15-11-5-6-14-7-10(11)12(17)18/h5-7H,8-9H2,1-4H3,(H,14,15)(H,17,18). The maximum absolute atomic E-state index is 11.0. The molecule has 1 aromatic rings. The SMILES string of the molecule is CN(C)CC(C)(C)CNc1ccncc1C(=O)O. The third-order valence-electron chi connectivity index (χ3n) is 2.55. The highest BCUT2D eigenvalue weighted by molar-refractivity contribution is 5.93. The maximum Gasteiger partial charge on any atom is 0.339 e. The number of nitrogens with one attached hydrogen (secondary N) is 1. The number of hydrogen-bond donors (Lipinski definition) is 2. The summed E-state index contributed by atoms with van der Waals surface area (Å²) >= 11 is 0. The zero-order valence-corrected chi connectivity index (χ0v) is 11.4. The second kappa shape index (κ2) is 5.82. The van der Waals surface area contributed by atoms with Gasteiger partial charge in [-0.15, -0.1) is 0 Å². The van der Waals surface area contributed by atoms with Crippen LogP contribution in [-0.2, 0) is 0 Å². The van der Waals surface area contributed by atoms with Gasteiger partial charge in [0.1, 0.15) is 5.56 Å². The lowest BCUT2D eigenvalue weighted by molar-refractivity contribution is 0.0697. The number of carboxylic acids is 1. The van der Waals surface area contributed by atoms with Crippen LogP contribution in [0.5, 0.6) is 0 Å². The Kier molecular flexibility index (Phi) is 4.67. The summed E-state index contributed by atoms with van der Waals surface area (Å²) in [5, 5.41) is 12.2. The molecule has 0 aliphatic rings. The average molecular weight is 251 g/mol. The van der Waals surface area contributed by atoms with Crippen LogP contribution in [0.15, 0.2) is 18.5 Å². The fourth-order valence-corrected chi connectivity index (χ4v) is 1.97. The van der Waals surface area contributed by atoms with Crippen LogP contribution in [-0.4, -0.2) is 48.1 Å². The van der Waals surface area contributed by atoms with Crippen molar-refractivity contribution in [1.29, 1.82) is 0 Å². The Morgan fingerprint density at radius 2 is 2.17 bits per heavy atom. The average Bonchev–Trinajstić information content (AvgIpc) is 2.25. The molecule has 1 aromatic heterocycles. The van der Waals surface area contributed by atoms with E-state index in [0.29, 0.717) is 12.2 Å². The van der Waals surface area contributed by atoms with Gasteiger partial charge in [-0.05, 0) is 25.6 Å². The normalized spacial score (nSPS) is 11.6. The number of aromatic carboxylic acids is 1. The van der Waals surface area contributed by atoms with Gasteiger partial charge in [-0.25, -0.2) is 4.79 Å². The zero-order chi connectivity index (χ0) is 13.8. The summed E-state index contributed by atoms with van der Waals surface area (Å²) in [4.78, 5) is 17.0. The number of anilines is 1. The zero-order valence-electron chi connectivity index (χ0n) is 11.4. The number of aromatic nitrogens is 1. The van der Waals surface area contributed by atoms with Crippen molar-refractivity contribution >= 4 is 11.7 Å². The maximum atomic E-state index is 11.0. The monoisotopic (exact) mass is 251 g/mol. The van der Waals surface area contributed by atoms with Crippen molar-refractivity contribution in [2.75, 3.05) is 32.5 Å². The van der Waals surface area contributed by atoms with Gasteiger partial charge in [0.15, 0.2) is 0 Å². The molecule has 0 aliphatic carbocycles. The molecule has 0 bridgehead atoms. The quantitative estimate of drug-likeness (QED) is 0.806. The van der Waals surface area contributed by atoms with E-state index in [1.807, 2.05) is 14.1 Å². The Morgan fingerprint density at radius 1 is 1.50 bits per heavy atom. The summed E-state index contributed by atoms with van der Waals surface area (Å²) < 4.78 is 0. The fraction of sp³-hybridized carbons (Fsp3) is 0.538. The Hall–Kier alpha value is -1.62. The Morgan fingerprint density at radius 3 is 2.72 bits per heavy atom. The number of nitrogens with zero attached hydrogens (tertiary/aromatic N) is 2. The van der Waals surface area contributed by atoms with Gasteiger partial charge in [0.2, 0.25) is 0 Å². The Labute approximate surface area is 108 Å². The summed E-state index contributed by atoms with van der Waals surface area (Å²) in [6.45, 7) is 5.91. The van der Waals surface area contributed by atoms with Crippen LogP contribution in [0.2, 0.25) is 0 Å². The minimum Gasteiger partial charge on any atom is -0.478 e. The molecule has 2 N–H and O–H groups in total. The highest BCUT2D eigenvalue weighted by Crippen LogP contribution is 2.19. The summed E-state index contributed by atoms with van der Waals surface area (Å²) in [6, 6.07) is 1.69. The molecular formula is C13H21N3O2. The van der Waals surface area contributed by atoms with E-state index in [9.17, 15) is 4.79 Å². The summed E-state index contributed by atoms with van der Waals surface area (Å²) in [5.74, 6) is -0.962. The molecule has 5 nitrogen and oxygen atoms in total. The van der Waals surface area contributed by atoms with E-state index in [1.165, 1.54) is 6.20 Å². The molecule has 0 fully saturated rings. The van der Waals surface area contributed by atoms with Crippen LogP contribution in [0, 0.1) is 5.41 Å². The lowest BCUT2D eigenvalue weighted by Gasteiger charge is -2.29. The number of carbonyl (C=O) groups is 1. The molecule has 0 unspecified atom stereocenters. The van der Waals surface area contributed by atoms with E-state index in [1.54, 1.807) is 12.3 Å². The second-order valence-electron chi connectivity index (χ2n) is 5.48. The number of hydrogen-bond acceptors (Lipinski definition) is 4. The van der Waals surface area contributed by atoms with Gasteiger partial charge in [-0.3, -0.25) is 4.98 Å². The fourth-order valence-electron chi connectivity index (χ4n) is 1.97. The first-order valence-electron chi connectivity index (χ1n) is 5.88. The van der Waals surface area contributed by atoms with Crippen molar-refractivity contribution in [3.05, 3.63) is 24.0 Å². The van der Waals surface area contributed by atoms with E-state index >= 15 is 0 Å². The molecule has 0 spiro atoms. The van der Waals surface area contributed by atoms with Crippen LogP contribution >= 0.6 is 0 Å². The molecular weight excluding hydrogens is 230 g/mol. The number of pyridine rings is 1. The van der Waals surface area contributed by atoms with Crippen LogP contribution < -0.4 is 5.32 Å². The van der Waals surface area contributed by atoms with Gasteiger partial charge < -0.3 is 15.3 Å². The molecule has 0 aliphatic heterocycles. The highest BCUT2D eigenvalue weighted by atomic mass is 16.4. The van der Waals surface area contributed by atoms with Crippen LogP contribution in [0.25, 0.3) is 0 Å². The minimum absolute atomic E-state index is 0.0581. The first-order valence-corrected chi connectivity index (χ1v) is 5.88. The molecule has 1 rings (SSSR count). The molecule has 0 amide bonds. The number of carboxylic acid groups (broad SMARTS) is 1. The summed E-state index contributed by atoms with van der Waals surface area (Å²) in [6.07, 6.45) is 2.96. The van der Waals surface area contributed by atoms with Gasteiger partial charge >= 0.3 is 5.97 Å². The minimum atomic E-state index is -0.962. The van der Waals surface area contributed by atoms with Gasteiger partial charge in [0.05, 0.1) is 5.69 Å². The molecule has 0 atom stereocenters. The van der Waals surface area contributed by atoms with Crippen molar-refractivity contribution in [3.63, 3.8) is 0 Å². The molecule has 1 heterocycles. The first-order chi connectivity index (χ1) is 8.32. The lowest BCUT2D eigenvalue weighted by atomic mass is 9.93. The molecule has 0 aromatic carbocycles. The smallest absolute Gasteiger partial charge is 0.339 e. The largest absolute Gasteiger partial charge is 0.478 e. The van der Waals surface area contributed by atoms with E-state index in [-0.39, 0.29) is 11.0 Å². The van der Waals surface area contributed by atoms with Crippen molar-refractivity contribution in [2.45, 2.75) is 13.8 Å². The van der Waals surface area contributed by atoms with E-state index in [2.05, 4.69) is 29.0 Å². The van der Waals surface area contributed by atoms with Crippen molar-refractivity contribution in [1.82, 2.24) is 9.88 Å². The molecule has 18 heavy (non-hydrogen) atoms. The molecule has 0 radical (unpaired) electrons. The Balaban J connectivity index is 2.71. The third-order valence-corrected chi connectivity index (χ3v) is 2.55. The predicted octanol–water partition coefficient (Wildman–Crippen LogP) is 1.78. The van der Waals surface area contributed by atoms with Crippen LogP contribution in [0.4, 0.5) is 5.69 Å². The molecule has 0 saturated heterocycles. The number of rotatable bonds is 6. The van der Waals surface area contributed by atoms with Gasteiger partial charge in [-0.1, -0.05) is 13.8 Å². The molecule has 5 heteroatoms. The van der Waals surface area contributed by atoms with Crippen molar-refractivity contribution < 1.29 is 9.90 Å². The first kappa shape index (κ1) is 14.4. The van der Waals surface area contributed by atoms with E-state index in [4.69, 9.17) is 5.11 Å². The lowest BCUT2D eigenvalue weighted by Crippen LogP contribution is -2.34. The summed E-state index contributed by atoms with van der Waals surface area (Å²) in [5.41, 5.74) is 0.880. The third kappa shape index (κ3) is 4.33. The van der Waals surface area contributed by atoms with Crippen LogP contribution in [0.3, 0.4) is 0 Å². The van der Waals surface area contributed by atoms with Gasteiger partial charge in [0.25, 0.3) is 0 Å². The van der Waals surface area contributed by atoms with Gasteiger partial charge in [0, 0.05) is 25.5 Å². The van der Waals surface area contributed by atoms with Crippen molar-refractivity contribution in [2.24, 2.45) is 5.41 Å². The molecule has 0 saturated carbocycles. The molecule has 100 valence electrons. The second-order valence-corrected chi connectivity index (χ2v) is 5.48. The topological polar surface area (TPSA) is 65.5 Å². The summed E-state index contributed by atoms with van der Waals surface area (Å²) in [7, 11) is 4.05. The van der Waals surface area contributed by atoms with Crippen molar-refractivity contribution in [3.8, 4) is 0 Å². The van der Waals surface area contributed by atoms with E-state index in [0.717, 1.165) is 6.54 Å². The van der Waals surface area contributed by atoms with E-state index < -0.39 is 5.97 Å². The van der Waals surface area contributed by atoms with Crippen LogP contribution in [0.1, 0.15) is 24.2 Å². The Bertz CT molecular complexity index is 416. The predicted molar refractivity (Wildman–Crippen MR) is 72.0 cm³/mol.